The summed E-state index contributed by atoms with van der Waals surface area (Å²) in [5.41, 5.74) is -0.487. The fraction of sp³-hybridized carbons (Fsp3) is 0.882. The lowest BCUT2D eigenvalue weighted by molar-refractivity contribution is -0.141. The molecular weight excluding hydrogens is 296 g/mol. The number of rotatable bonds is 5. The van der Waals surface area contributed by atoms with Gasteiger partial charge in [-0.2, -0.15) is 0 Å². The molecule has 2 unspecified atom stereocenters. The summed E-state index contributed by atoms with van der Waals surface area (Å²) in [4.78, 5) is 25.8. The smallest absolute Gasteiger partial charge is 0.407 e. The van der Waals surface area contributed by atoms with Crippen molar-refractivity contribution in [3.05, 3.63) is 0 Å². The number of ether oxygens (including phenoxy) is 2. The second-order valence-electron chi connectivity index (χ2n) is 7.74. The van der Waals surface area contributed by atoms with Gasteiger partial charge in [0.25, 0.3) is 0 Å². The molecule has 1 saturated carbocycles. The lowest BCUT2D eigenvalue weighted by atomic mass is 9.90. The summed E-state index contributed by atoms with van der Waals surface area (Å²) in [7, 11) is 1.42. The molecule has 0 aromatic carbocycles. The summed E-state index contributed by atoms with van der Waals surface area (Å²) in [5.74, 6) is 0.244. The molecule has 23 heavy (non-hydrogen) atoms. The minimum Gasteiger partial charge on any atom is -0.469 e. The van der Waals surface area contributed by atoms with E-state index in [2.05, 4.69) is 10.2 Å². The van der Waals surface area contributed by atoms with E-state index >= 15 is 0 Å². The van der Waals surface area contributed by atoms with Crippen LogP contribution < -0.4 is 5.32 Å². The monoisotopic (exact) mass is 326 g/mol. The number of likely N-dealkylation sites (tertiary alicyclic amines) is 1. The van der Waals surface area contributed by atoms with Crippen molar-refractivity contribution in [2.75, 3.05) is 20.2 Å². The van der Waals surface area contributed by atoms with Crippen LogP contribution in [0.2, 0.25) is 0 Å². The van der Waals surface area contributed by atoms with Crippen LogP contribution in [0.4, 0.5) is 4.79 Å². The molecule has 0 aromatic heterocycles. The number of carbonyl (C=O) groups is 2. The maximum atomic E-state index is 12.0. The number of amides is 1. The summed E-state index contributed by atoms with van der Waals surface area (Å²) < 4.78 is 10.1. The van der Waals surface area contributed by atoms with E-state index in [1.807, 2.05) is 20.8 Å². The predicted molar refractivity (Wildman–Crippen MR) is 87.1 cm³/mol. The highest BCUT2D eigenvalue weighted by molar-refractivity contribution is 5.69. The number of methoxy groups -OCH3 is 1. The van der Waals surface area contributed by atoms with E-state index in [1.54, 1.807) is 0 Å². The number of piperidine rings is 1. The van der Waals surface area contributed by atoms with Crippen molar-refractivity contribution in [2.24, 2.45) is 5.92 Å². The molecule has 2 aliphatic rings. The van der Waals surface area contributed by atoms with Crippen molar-refractivity contribution < 1.29 is 19.1 Å². The van der Waals surface area contributed by atoms with Gasteiger partial charge in [-0.1, -0.05) is 0 Å². The van der Waals surface area contributed by atoms with Crippen LogP contribution in [0.15, 0.2) is 0 Å². The Bertz CT molecular complexity index is 429. The van der Waals surface area contributed by atoms with Gasteiger partial charge in [0.15, 0.2) is 0 Å². The fourth-order valence-electron chi connectivity index (χ4n) is 3.19. The molecular formula is C17H30N2O4. The molecule has 1 heterocycles. The molecule has 1 aliphatic carbocycles. The summed E-state index contributed by atoms with van der Waals surface area (Å²) >= 11 is 0. The Balaban J connectivity index is 1.87. The minimum atomic E-state index is -0.487. The first kappa shape index (κ1) is 18.0. The Morgan fingerprint density at radius 3 is 2.48 bits per heavy atom. The molecule has 0 radical (unpaired) electrons. The third kappa shape index (κ3) is 6.37. The van der Waals surface area contributed by atoms with Gasteiger partial charge in [0, 0.05) is 31.6 Å². The highest BCUT2D eigenvalue weighted by Gasteiger charge is 2.37. The summed E-state index contributed by atoms with van der Waals surface area (Å²) in [6.45, 7) is 7.47. The third-order valence-electron chi connectivity index (χ3n) is 4.33. The van der Waals surface area contributed by atoms with Crippen LogP contribution in [0.5, 0.6) is 0 Å². The molecule has 2 fully saturated rings. The van der Waals surface area contributed by atoms with Crippen LogP contribution in [-0.4, -0.2) is 54.8 Å². The van der Waals surface area contributed by atoms with Crippen molar-refractivity contribution in [1.29, 1.82) is 0 Å². The number of alkyl carbamates (subject to hydrolysis) is 1. The second-order valence-corrected chi connectivity index (χ2v) is 7.74. The lowest BCUT2D eigenvalue weighted by Crippen LogP contribution is -2.52. The molecule has 2 rings (SSSR count). The van der Waals surface area contributed by atoms with Crippen molar-refractivity contribution in [1.82, 2.24) is 10.2 Å². The molecule has 0 aromatic rings. The summed E-state index contributed by atoms with van der Waals surface area (Å²) in [6, 6.07) is 0.737. The van der Waals surface area contributed by atoms with Gasteiger partial charge in [-0.05, 0) is 52.4 Å². The number of nitrogens with one attached hydrogen (secondary N) is 1. The molecule has 0 spiro atoms. The SMILES string of the molecule is COC(=O)CCC1CC(NC(=O)OC(C)(C)C)CN(C2CC2)C1. The van der Waals surface area contributed by atoms with E-state index in [0.717, 1.165) is 25.9 Å². The van der Waals surface area contributed by atoms with Crippen LogP contribution in [0, 0.1) is 5.92 Å². The standard InChI is InChI=1S/C17H30N2O4/c1-17(2,3)23-16(21)18-13-9-12(5-8-15(20)22-4)10-19(11-13)14-6-7-14/h12-14H,5-11H2,1-4H3,(H,18,21). The Morgan fingerprint density at radius 2 is 1.91 bits per heavy atom. The van der Waals surface area contributed by atoms with Crippen LogP contribution in [-0.2, 0) is 14.3 Å². The molecule has 6 heteroatoms. The molecule has 1 aliphatic heterocycles. The average Bonchev–Trinajstić information content (AvgIpc) is 3.26. The molecule has 1 N–H and O–H groups in total. The number of nitrogens with zero attached hydrogens (tertiary/aromatic N) is 1. The molecule has 1 amide bonds. The van der Waals surface area contributed by atoms with E-state index in [4.69, 9.17) is 9.47 Å². The zero-order chi connectivity index (χ0) is 17.0. The van der Waals surface area contributed by atoms with E-state index in [0.29, 0.717) is 18.4 Å². The van der Waals surface area contributed by atoms with Gasteiger partial charge in [0.2, 0.25) is 0 Å². The van der Waals surface area contributed by atoms with Gasteiger partial charge in [-0.3, -0.25) is 9.69 Å². The van der Waals surface area contributed by atoms with Crippen LogP contribution >= 0.6 is 0 Å². The molecule has 6 nitrogen and oxygen atoms in total. The van der Waals surface area contributed by atoms with Gasteiger partial charge >= 0.3 is 12.1 Å². The summed E-state index contributed by atoms with van der Waals surface area (Å²) in [6.07, 6.45) is 4.26. The predicted octanol–water partition coefficient (Wildman–Crippen LogP) is 2.32. The van der Waals surface area contributed by atoms with Crippen molar-refractivity contribution in [3.63, 3.8) is 0 Å². The van der Waals surface area contributed by atoms with E-state index in [-0.39, 0.29) is 18.1 Å². The second kappa shape index (κ2) is 7.51. The van der Waals surface area contributed by atoms with E-state index < -0.39 is 5.60 Å². The molecule has 132 valence electrons. The van der Waals surface area contributed by atoms with Gasteiger partial charge in [0.1, 0.15) is 5.60 Å². The zero-order valence-corrected chi connectivity index (χ0v) is 14.8. The number of esters is 1. The molecule has 1 saturated heterocycles. The minimum absolute atomic E-state index is 0.0850. The molecule has 0 bridgehead atoms. The third-order valence-corrected chi connectivity index (χ3v) is 4.33. The normalized spacial score (nSPS) is 25.7. The first-order valence-corrected chi connectivity index (χ1v) is 8.57. The van der Waals surface area contributed by atoms with E-state index in [9.17, 15) is 9.59 Å². The summed E-state index contributed by atoms with van der Waals surface area (Å²) in [5, 5.41) is 3.00. The Hall–Kier alpha value is -1.30. The quantitative estimate of drug-likeness (QED) is 0.785. The number of carbonyl (C=O) groups excluding carboxylic acids is 2. The first-order valence-electron chi connectivity index (χ1n) is 8.57. The van der Waals surface area contributed by atoms with Gasteiger partial charge in [-0.15, -0.1) is 0 Å². The van der Waals surface area contributed by atoms with Crippen LogP contribution in [0.1, 0.15) is 52.9 Å². The Kier molecular flexibility index (Phi) is 5.89. The zero-order valence-electron chi connectivity index (χ0n) is 14.8. The van der Waals surface area contributed by atoms with Crippen molar-refractivity contribution in [2.45, 2.75) is 70.6 Å². The molecule has 2 atom stereocenters. The highest BCUT2D eigenvalue weighted by Crippen LogP contribution is 2.32. The van der Waals surface area contributed by atoms with Crippen LogP contribution in [0.3, 0.4) is 0 Å². The maximum absolute atomic E-state index is 12.0. The topological polar surface area (TPSA) is 67.9 Å². The number of hydrogen-bond donors (Lipinski definition) is 1. The Morgan fingerprint density at radius 1 is 1.22 bits per heavy atom. The van der Waals surface area contributed by atoms with Gasteiger partial charge in [0.05, 0.1) is 7.11 Å². The maximum Gasteiger partial charge on any atom is 0.407 e. The van der Waals surface area contributed by atoms with E-state index in [1.165, 1.54) is 20.0 Å². The fourth-order valence-corrected chi connectivity index (χ4v) is 3.19. The lowest BCUT2D eigenvalue weighted by Gasteiger charge is -2.38. The average molecular weight is 326 g/mol. The largest absolute Gasteiger partial charge is 0.469 e. The van der Waals surface area contributed by atoms with Crippen molar-refractivity contribution in [3.8, 4) is 0 Å². The van der Waals surface area contributed by atoms with Crippen LogP contribution in [0.25, 0.3) is 0 Å². The van der Waals surface area contributed by atoms with Gasteiger partial charge < -0.3 is 14.8 Å². The highest BCUT2D eigenvalue weighted by atomic mass is 16.6. The number of hydrogen-bond acceptors (Lipinski definition) is 5. The van der Waals surface area contributed by atoms with Crippen molar-refractivity contribution >= 4 is 12.1 Å². The first-order chi connectivity index (χ1) is 10.8. The van der Waals surface area contributed by atoms with Gasteiger partial charge in [-0.25, -0.2) is 4.79 Å². The Labute approximate surface area is 138 Å².